The Balaban J connectivity index is 4.22. The number of hydrogen-bond donors (Lipinski definition) is 0. The van der Waals surface area contributed by atoms with Gasteiger partial charge in [0.1, 0.15) is 15.4 Å². The van der Waals surface area contributed by atoms with Gasteiger partial charge in [0.05, 0.1) is 0 Å². The lowest BCUT2D eigenvalue weighted by Gasteiger charge is -2.25. The smallest absolute Gasteiger partial charge is 0.332 e. The molecule has 0 atom stereocenters. The Kier molecular flexibility index (Phi) is 5.24. The van der Waals surface area contributed by atoms with Crippen LogP contribution in [0.5, 0.6) is 0 Å². The summed E-state index contributed by atoms with van der Waals surface area (Å²) >= 11 is 5.11. The predicted molar refractivity (Wildman–Crippen MR) is 45.6 cm³/mol. The van der Waals surface area contributed by atoms with Crippen LogP contribution >= 0.6 is 11.1 Å². The molecule has 0 aliphatic rings. The summed E-state index contributed by atoms with van der Waals surface area (Å²) in [6, 6.07) is -0.908. The standard InChI is InChI=1S/C6H11ClF4OSi/c1-2-12-3-5(8,9)6(10,11)4-13-7/h2-4,13H2,1H3. The van der Waals surface area contributed by atoms with Gasteiger partial charge in [0.25, 0.3) is 0 Å². The second kappa shape index (κ2) is 5.16. The monoisotopic (exact) mass is 238 g/mol. The first-order chi connectivity index (χ1) is 5.87. The third kappa shape index (κ3) is 3.82. The fourth-order valence-corrected chi connectivity index (χ4v) is 1.95. The van der Waals surface area contributed by atoms with Crippen molar-refractivity contribution in [2.75, 3.05) is 13.2 Å². The highest BCUT2D eigenvalue weighted by atomic mass is 35.6. The molecule has 0 aliphatic carbocycles. The van der Waals surface area contributed by atoms with Gasteiger partial charge in [-0.3, -0.25) is 0 Å². The Hall–Kier alpha value is 0.187. The second-order valence-corrected chi connectivity index (χ2v) is 4.50. The molecule has 80 valence electrons. The lowest BCUT2D eigenvalue weighted by Crippen LogP contribution is -2.44. The van der Waals surface area contributed by atoms with Crippen LogP contribution in [0.25, 0.3) is 0 Å². The van der Waals surface area contributed by atoms with Crippen molar-refractivity contribution in [3.8, 4) is 0 Å². The van der Waals surface area contributed by atoms with Gasteiger partial charge in [0, 0.05) is 12.7 Å². The molecule has 0 unspecified atom stereocenters. The van der Waals surface area contributed by atoms with Crippen LogP contribution in [0.4, 0.5) is 17.6 Å². The molecule has 0 amide bonds. The van der Waals surface area contributed by atoms with Crippen molar-refractivity contribution in [1.29, 1.82) is 0 Å². The maximum atomic E-state index is 12.7. The molecular weight excluding hydrogens is 228 g/mol. The van der Waals surface area contributed by atoms with Gasteiger partial charge in [-0.25, -0.2) is 8.78 Å². The molecule has 0 fully saturated rings. The molecule has 0 N–H and O–H groups in total. The molecule has 13 heavy (non-hydrogen) atoms. The molecular formula is C6H11ClF4OSi. The van der Waals surface area contributed by atoms with Crippen molar-refractivity contribution in [2.45, 2.75) is 24.8 Å². The van der Waals surface area contributed by atoms with Gasteiger partial charge < -0.3 is 4.74 Å². The molecule has 0 aromatic rings. The van der Waals surface area contributed by atoms with E-state index in [-0.39, 0.29) is 6.61 Å². The number of alkyl halides is 4. The van der Waals surface area contributed by atoms with Crippen LogP contribution in [0.3, 0.4) is 0 Å². The van der Waals surface area contributed by atoms with Gasteiger partial charge in [-0.15, -0.1) is 0 Å². The van der Waals surface area contributed by atoms with Crippen LogP contribution < -0.4 is 0 Å². The fraction of sp³-hybridized carbons (Fsp3) is 1.00. The van der Waals surface area contributed by atoms with Crippen molar-refractivity contribution >= 4 is 19.9 Å². The minimum Gasteiger partial charge on any atom is -0.375 e. The Labute approximate surface area is 80.9 Å². The van der Waals surface area contributed by atoms with Crippen LogP contribution in [-0.4, -0.2) is 33.9 Å². The van der Waals surface area contributed by atoms with Crippen LogP contribution in [0.1, 0.15) is 6.92 Å². The van der Waals surface area contributed by atoms with Crippen molar-refractivity contribution in [3.05, 3.63) is 0 Å². The van der Waals surface area contributed by atoms with Crippen LogP contribution in [0.15, 0.2) is 0 Å². The van der Waals surface area contributed by atoms with E-state index in [2.05, 4.69) is 4.74 Å². The Morgan fingerprint density at radius 1 is 1.23 bits per heavy atom. The van der Waals surface area contributed by atoms with Gasteiger partial charge in [0.15, 0.2) is 0 Å². The van der Waals surface area contributed by atoms with Gasteiger partial charge >= 0.3 is 11.8 Å². The highest BCUT2D eigenvalue weighted by Crippen LogP contribution is 2.37. The molecule has 0 heterocycles. The first-order valence-corrected chi connectivity index (χ1v) is 6.90. The first-order valence-electron chi connectivity index (χ1n) is 3.76. The van der Waals surface area contributed by atoms with Crippen molar-refractivity contribution in [2.24, 2.45) is 0 Å². The summed E-state index contributed by atoms with van der Waals surface area (Å²) < 4.78 is 54.9. The van der Waals surface area contributed by atoms with E-state index < -0.39 is 33.3 Å². The maximum absolute atomic E-state index is 12.7. The molecule has 7 heteroatoms. The van der Waals surface area contributed by atoms with Gasteiger partial charge in [-0.05, 0) is 6.92 Å². The largest absolute Gasteiger partial charge is 0.375 e. The van der Waals surface area contributed by atoms with Crippen molar-refractivity contribution < 1.29 is 22.3 Å². The Morgan fingerprint density at radius 2 is 1.77 bits per heavy atom. The third-order valence-electron chi connectivity index (χ3n) is 1.43. The summed E-state index contributed by atoms with van der Waals surface area (Å²) in [6.45, 7) is 0.205. The number of halogens is 5. The molecule has 0 rings (SSSR count). The average Bonchev–Trinajstić information content (AvgIpc) is 2.00. The summed E-state index contributed by atoms with van der Waals surface area (Å²) in [5.41, 5.74) is 0. The Bertz CT molecular complexity index is 156. The zero-order valence-electron chi connectivity index (χ0n) is 7.13. The van der Waals surface area contributed by atoms with Crippen molar-refractivity contribution in [1.82, 2.24) is 0 Å². The minimum absolute atomic E-state index is 0.00995. The second-order valence-electron chi connectivity index (χ2n) is 2.49. The van der Waals surface area contributed by atoms with E-state index in [4.69, 9.17) is 11.1 Å². The molecule has 0 saturated carbocycles. The molecule has 0 aromatic carbocycles. The van der Waals surface area contributed by atoms with Gasteiger partial charge in [0.2, 0.25) is 0 Å². The first kappa shape index (κ1) is 13.2. The maximum Gasteiger partial charge on any atom is 0.332 e. The lowest BCUT2D eigenvalue weighted by atomic mass is 10.2. The normalized spacial score (nSPS) is 14.3. The van der Waals surface area contributed by atoms with Crippen molar-refractivity contribution in [3.63, 3.8) is 0 Å². The molecule has 0 saturated heterocycles. The summed E-state index contributed by atoms with van der Waals surface area (Å²) in [4.78, 5) is 0. The molecule has 0 spiro atoms. The predicted octanol–water partition coefficient (Wildman–Crippen LogP) is 2.03. The number of ether oxygens (including phenoxy) is 1. The molecule has 1 nitrogen and oxygen atoms in total. The number of hydrogen-bond acceptors (Lipinski definition) is 1. The zero-order chi connectivity index (χ0) is 10.5. The third-order valence-corrected chi connectivity index (χ3v) is 2.81. The van der Waals surface area contributed by atoms with E-state index in [1.54, 1.807) is 0 Å². The van der Waals surface area contributed by atoms with E-state index in [1.165, 1.54) is 6.92 Å². The molecule has 0 aliphatic heterocycles. The fourth-order valence-electron chi connectivity index (χ4n) is 0.637. The summed E-state index contributed by atoms with van der Waals surface area (Å²) in [5.74, 6) is -8.14. The van der Waals surface area contributed by atoms with E-state index in [9.17, 15) is 17.6 Å². The topological polar surface area (TPSA) is 9.23 Å². The summed E-state index contributed by atoms with van der Waals surface area (Å²) in [5, 5.41) is 0. The van der Waals surface area contributed by atoms with Crippen LogP contribution in [0, 0.1) is 0 Å². The van der Waals surface area contributed by atoms with Gasteiger partial charge in [-0.1, -0.05) is 0 Å². The highest BCUT2D eigenvalue weighted by molar-refractivity contribution is 6.93. The zero-order valence-corrected chi connectivity index (χ0v) is 9.30. The van der Waals surface area contributed by atoms with E-state index in [0.717, 1.165) is 0 Å². The van der Waals surface area contributed by atoms with E-state index in [1.807, 2.05) is 0 Å². The highest BCUT2D eigenvalue weighted by Gasteiger charge is 2.55. The van der Waals surface area contributed by atoms with E-state index >= 15 is 0 Å². The van der Waals surface area contributed by atoms with Crippen LogP contribution in [0.2, 0.25) is 6.04 Å². The molecule has 0 bridgehead atoms. The Morgan fingerprint density at radius 3 is 2.15 bits per heavy atom. The minimum atomic E-state index is -4.11. The lowest BCUT2D eigenvalue weighted by molar-refractivity contribution is -0.221. The summed E-state index contributed by atoms with van der Waals surface area (Å²) in [6.07, 6.45) is 0. The molecule has 0 aromatic heterocycles. The van der Waals surface area contributed by atoms with Gasteiger partial charge in [-0.2, -0.15) is 19.9 Å². The number of rotatable bonds is 6. The SMILES string of the molecule is CCOCC(F)(F)C(F)(F)C[SiH2]Cl. The quantitative estimate of drug-likeness (QED) is 0.391. The molecule has 0 radical (unpaired) electrons. The van der Waals surface area contributed by atoms with Crippen LogP contribution in [-0.2, 0) is 4.74 Å². The summed E-state index contributed by atoms with van der Waals surface area (Å²) in [7, 11) is -1.61. The average molecular weight is 239 g/mol. The van der Waals surface area contributed by atoms with E-state index in [0.29, 0.717) is 0 Å².